The monoisotopic (exact) mass is 363 g/mol. The zero-order chi connectivity index (χ0) is 18.6. The maximum atomic E-state index is 11.3. The van der Waals surface area contributed by atoms with Gasteiger partial charge in [-0.3, -0.25) is 4.79 Å². The first kappa shape index (κ1) is 18.1. The van der Waals surface area contributed by atoms with Gasteiger partial charge in [0.05, 0.1) is 0 Å². The number of amides is 1. The topological polar surface area (TPSA) is 44.4 Å². The van der Waals surface area contributed by atoms with E-state index in [9.17, 15) is 4.79 Å². The van der Waals surface area contributed by atoms with E-state index in [0.29, 0.717) is 18.5 Å². The molecule has 4 nitrogen and oxygen atoms in total. The number of carbonyl (C=O) groups excluding carboxylic acids is 1. The number of piperidine rings is 1. The van der Waals surface area contributed by atoms with Crippen LogP contribution in [0.25, 0.3) is 11.1 Å². The van der Waals surface area contributed by atoms with Crippen molar-refractivity contribution in [3.05, 3.63) is 54.1 Å². The molecule has 0 bridgehead atoms. The quantitative estimate of drug-likeness (QED) is 0.855. The average Bonchev–Trinajstić information content (AvgIpc) is 3.12. The molecule has 4 rings (SSSR count). The summed E-state index contributed by atoms with van der Waals surface area (Å²) in [5.41, 5.74) is 5.18. The van der Waals surface area contributed by atoms with Crippen LogP contribution in [-0.4, -0.2) is 37.6 Å². The number of nitrogens with one attached hydrogen (secondary N) is 2. The van der Waals surface area contributed by atoms with Gasteiger partial charge in [-0.2, -0.15) is 0 Å². The fourth-order valence-corrected chi connectivity index (χ4v) is 4.19. The molecule has 0 saturated carbocycles. The Hall–Kier alpha value is -2.33. The Labute approximate surface area is 162 Å². The number of anilines is 1. The summed E-state index contributed by atoms with van der Waals surface area (Å²) < 4.78 is 0. The van der Waals surface area contributed by atoms with E-state index in [0.717, 1.165) is 38.9 Å². The van der Waals surface area contributed by atoms with E-state index in [2.05, 4.69) is 71.0 Å². The molecular formula is C23H29N3O. The third kappa shape index (κ3) is 4.51. The molecule has 0 spiro atoms. The lowest BCUT2D eigenvalue weighted by molar-refractivity contribution is -0.119. The summed E-state index contributed by atoms with van der Waals surface area (Å²) in [5, 5.41) is 6.70. The minimum absolute atomic E-state index is 0.199. The number of aryl methyl sites for hydroxylation is 1. The van der Waals surface area contributed by atoms with Gasteiger partial charge in [0, 0.05) is 43.8 Å². The van der Waals surface area contributed by atoms with Crippen molar-refractivity contribution in [1.82, 2.24) is 10.6 Å². The highest BCUT2D eigenvalue weighted by Crippen LogP contribution is 2.27. The standard InChI is InChI=1S/C23H29N3O/c1-17-4-2-5-18(14-17)19-6-3-7-22(15-19)26-12-10-20(11-13-26)24-16-21-8-9-23(27)25-21/h2-7,14-15,20-21,24H,8-13,16H2,1H3,(H,25,27)/t21-/m0/s1. The average molecular weight is 364 g/mol. The predicted molar refractivity (Wildman–Crippen MR) is 111 cm³/mol. The van der Waals surface area contributed by atoms with Gasteiger partial charge in [0.2, 0.25) is 5.91 Å². The largest absolute Gasteiger partial charge is 0.371 e. The molecule has 4 heteroatoms. The molecule has 142 valence electrons. The first-order valence-corrected chi connectivity index (χ1v) is 10.1. The van der Waals surface area contributed by atoms with Crippen LogP contribution in [0.3, 0.4) is 0 Å². The molecule has 2 aromatic carbocycles. The lowest BCUT2D eigenvalue weighted by Gasteiger charge is -2.34. The Morgan fingerprint density at radius 1 is 1.04 bits per heavy atom. The molecule has 0 aromatic heterocycles. The van der Waals surface area contributed by atoms with E-state index in [1.54, 1.807) is 0 Å². The number of carbonyl (C=O) groups is 1. The highest BCUT2D eigenvalue weighted by atomic mass is 16.1. The fourth-order valence-electron chi connectivity index (χ4n) is 4.19. The van der Waals surface area contributed by atoms with Gasteiger partial charge in [0.1, 0.15) is 0 Å². The Kier molecular flexibility index (Phi) is 5.44. The molecule has 27 heavy (non-hydrogen) atoms. The van der Waals surface area contributed by atoms with Gasteiger partial charge in [0.25, 0.3) is 0 Å². The van der Waals surface area contributed by atoms with Crippen LogP contribution in [0.15, 0.2) is 48.5 Å². The fraction of sp³-hybridized carbons (Fsp3) is 0.435. The van der Waals surface area contributed by atoms with E-state index in [1.165, 1.54) is 22.4 Å². The van der Waals surface area contributed by atoms with Crippen molar-refractivity contribution in [2.45, 2.75) is 44.7 Å². The zero-order valence-electron chi connectivity index (χ0n) is 16.1. The van der Waals surface area contributed by atoms with Crippen LogP contribution in [-0.2, 0) is 4.79 Å². The van der Waals surface area contributed by atoms with Crippen LogP contribution in [0.5, 0.6) is 0 Å². The summed E-state index contributed by atoms with van der Waals surface area (Å²) >= 11 is 0. The van der Waals surface area contributed by atoms with Crippen LogP contribution in [0.2, 0.25) is 0 Å². The second kappa shape index (κ2) is 8.13. The Morgan fingerprint density at radius 2 is 1.78 bits per heavy atom. The summed E-state index contributed by atoms with van der Waals surface area (Å²) in [6.07, 6.45) is 3.95. The van der Waals surface area contributed by atoms with E-state index >= 15 is 0 Å². The van der Waals surface area contributed by atoms with E-state index in [4.69, 9.17) is 0 Å². The second-order valence-electron chi connectivity index (χ2n) is 7.89. The lowest BCUT2D eigenvalue weighted by Crippen LogP contribution is -2.46. The number of nitrogens with zero attached hydrogens (tertiary/aromatic N) is 1. The van der Waals surface area contributed by atoms with Gasteiger partial charge in [-0.25, -0.2) is 0 Å². The maximum absolute atomic E-state index is 11.3. The highest BCUT2D eigenvalue weighted by molar-refractivity contribution is 5.78. The van der Waals surface area contributed by atoms with Gasteiger partial charge in [0.15, 0.2) is 0 Å². The molecule has 2 saturated heterocycles. The molecule has 0 aliphatic carbocycles. The van der Waals surface area contributed by atoms with E-state index in [-0.39, 0.29) is 5.91 Å². The zero-order valence-corrected chi connectivity index (χ0v) is 16.1. The van der Waals surface area contributed by atoms with E-state index < -0.39 is 0 Å². The van der Waals surface area contributed by atoms with Crippen LogP contribution in [0, 0.1) is 6.92 Å². The second-order valence-corrected chi connectivity index (χ2v) is 7.89. The molecule has 2 heterocycles. The molecule has 1 amide bonds. The molecule has 2 aromatic rings. The van der Waals surface area contributed by atoms with Gasteiger partial charge < -0.3 is 15.5 Å². The van der Waals surface area contributed by atoms with E-state index in [1.807, 2.05) is 0 Å². The summed E-state index contributed by atoms with van der Waals surface area (Å²) in [6.45, 7) is 5.19. The normalized spacial score (nSPS) is 20.7. The van der Waals surface area contributed by atoms with Crippen molar-refractivity contribution in [3.63, 3.8) is 0 Å². The number of hydrogen-bond donors (Lipinski definition) is 2. The van der Waals surface area contributed by atoms with Crippen LogP contribution in [0.1, 0.15) is 31.2 Å². The van der Waals surface area contributed by atoms with Crippen LogP contribution < -0.4 is 15.5 Å². The first-order valence-electron chi connectivity index (χ1n) is 10.1. The third-order valence-electron chi connectivity index (χ3n) is 5.80. The van der Waals surface area contributed by atoms with Gasteiger partial charge in [-0.15, -0.1) is 0 Å². The van der Waals surface area contributed by atoms with Crippen molar-refractivity contribution < 1.29 is 4.79 Å². The van der Waals surface area contributed by atoms with Gasteiger partial charge in [-0.1, -0.05) is 42.0 Å². The summed E-state index contributed by atoms with van der Waals surface area (Å²) in [6, 6.07) is 18.5. The minimum atomic E-state index is 0.199. The molecule has 2 aliphatic rings. The van der Waals surface area contributed by atoms with Crippen molar-refractivity contribution >= 4 is 11.6 Å². The minimum Gasteiger partial charge on any atom is -0.371 e. The number of benzene rings is 2. The number of rotatable bonds is 5. The smallest absolute Gasteiger partial charge is 0.220 e. The third-order valence-corrected chi connectivity index (χ3v) is 5.80. The Morgan fingerprint density at radius 3 is 2.48 bits per heavy atom. The molecule has 2 N–H and O–H groups in total. The molecule has 0 radical (unpaired) electrons. The molecule has 0 unspecified atom stereocenters. The first-order chi connectivity index (χ1) is 13.2. The Bertz CT molecular complexity index is 796. The Balaban J connectivity index is 1.33. The van der Waals surface area contributed by atoms with Crippen molar-refractivity contribution in [1.29, 1.82) is 0 Å². The number of hydrogen-bond acceptors (Lipinski definition) is 3. The van der Waals surface area contributed by atoms with Crippen molar-refractivity contribution in [3.8, 4) is 11.1 Å². The van der Waals surface area contributed by atoms with Crippen LogP contribution >= 0.6 is 0 Å². The summed E-state index contributed by atoms with van der Waals surface area (Å²) in [7, 11) is 0. The summed E-state index contributed by atoms with van der Waals surface area (Å²) in [5.74, 6) is 0.199. The lowest BCUT2D eigenvalue weighted by atomic mass is 10.0. The predicted octanol–water partition coefficient (Wildman–Crippen LogP) is 3.50. The SMILES string of the molecule is Cc1cccc(-c2cccc(N3CCC(NC[C@@H]4CCC(=O)N4)CC3)c2)c1. The van der Waals surface area contributed by atoms with Gasteiger partial charge in [-0.05, 0) is 49.4 Å². The maximum Gasteiger partial charge on any atom is 0.220 e. The van der Waals surface area contributed by atoms with Crippen LogP contribution in [0.4, 0.5) is 5.69 Å². The molecule has 1 atom stereocenters. The van der Waals surface area contributed by atoms with Crippen molar-refractivity contribution in [2.75, 3.05) is 24.5 Å². The molecular weight excluding hydrogens is 334 g/mol. The molecule has 2 aliphatic heterocycles. The van der Waals surface area contributed by atoms with Crippen molar-refractivity contribution in [2.24, 2.45) is 0 Å². The van der Waals surface area contributed by atoms with Gasteiger partial charge >= 0.3 is 0 Å². The summed E-state index contributed by atoms with van der Waals surface area (Å²) in [4.78, 5) is 13.8. The molecule has 2 fully saturated rings. The highest BCUT2D eigenvalue weighted by Gasteiger charge is 2.23.